The number of carbonyl (C=O) groups is 2. The Morgan fingerprint density at radius 2 is 1.06 bits per heavy atom. The summed E-state index contributed by atoms with van der Waals surface area (Å²) in [6, 6.07) is 14.1. The summed E-state index contributed by atoms with van der Waals surface area (Å²) in [5.41, 5.74) is 8.29. The molecule has 2 aromatic carbocycles. The molecule has 0 heterocycles. The van der Waals surface area contributed by atoms with Crippen LogP contribution in [0.5, 0.6) is 0 Å². The first-order valence-electron chi connectivity index (χ1n) is 11.7. The summed E-state index contributed by atoms with van der Waals surface area (Å²) in [6.07, 6.45) is -0.0956. The van der Waals surface area contributed by atoms with Gasteiger partial charge >= 0.3 is 11.9 Å². The molecule has 0 unspecified atom stereocenters. The molecule has 0 aromatic heterocycles. The molecule has 2 rings (SSSR count). The quantitative estimate of drug-likeness (QED) is 0.148. The molecule has 0 saturated carbocycles. The second kappa shape index (κ2) is 13.1. The lowest BCUT2D eigenvalue weighted by molar-refractivity contribution is -0.421. The molecule has 0 N–H and O–H groups in total. The van der Waals surface area contributed by atoms with Crippen molar-refractivity contribution in [1.29, 1.82) is 0 Å². The van der Waals surface area contributed by atoms with E-state index in [-0.39, 0.29) is 0 Å². The molecule has 0 aliphatic rings. The lowest BCUT2D eigenvalue weighted by Crippen LogP contribution is -2.40. The Hall–Kier alpha value is -3.31. The molecule has 0 spiro atoms. The first-order chi connectivity index (χ1) is 17.2. The Morgan fingerprint density at radius 3 is 1.33 bits per heavy atom. The Labute approximate surface area is 215 Å². The third-order valence-corrected chi connectivity index (χ3v) is 12.7. The molecular weight excluding hydrogens is 488 g/mol. The maximum atomic E-state index is 12.4. The van der Waals surface area contributed by atoms with Gasteiger partial charge in [0.1, 0.15) is 16.1 Å². The molecule has 0 atom stereocenters. The Balaban J connectivity index is 1.96. The highest BCUT2D eigenvalue weighted by Gasteiger charge is 2.24. The van der Waals surface area contributed by atoms with Crippen LogP contribution >= 0.6 is 0 Å². The summed E-state index contributed by atoms with van der Waals surface area (Å²) in [7, 11) is -3.95. The summed E-state index contributed by atoms with van der Waals surface area (Å²) in [4.78, 5) is 45.0. The zero-order chi connectivity index (χ0) is 26.8. The van der Waals surface area contributed by atoms with Gasteiger partial charge < -0.3 is 0 Å². The van der Waals surface area contributed by atoms with Crippen LogP contribution in [-0.2, 0) is 19.6 Å². The molecule has 0 aliphatic heterocycles. The predicted octanol–water partition coefficient (Wildman–Crippen LogP) is 5.16. The van der Waals surface area contributed by atoms with Crippen LogP contribution in [0.3, 0.4) is 0 Å². The largest absolute Gasteiger partial charge is 0.373 e. The molecule has 6 nitrogen and oxygen atoms in total. The fourth-order valence-electron chi connectivity index (χ4n) is 3.21. The zero-order valence-corrected chi connectivity index (χ0v) is 23.2. The van der Waals surface area contributed by atoms with Gasteiger partial charge in [-0.2, -0.15) is 0 Å². The Bertz CT molecular complexity index is 991. The third-order valence-electron chi connectivity index (χ3n) is 6.17. The first kappa shape index (κ1) is 28.9. The minimum Gasteiger partial charge on any atom is -0.290 e. The summed E-state index contributed by atoms with van der Waals surface area (Å²) in [6.45, 7) is 21.7. The van der Waals surface area contributed by atoms with Crippen molar-refractivity contribution >= 4 is 38.5 Å². The third kappa shape index (κ3) is 7.11. The molecule has 0 fully saturated rings. The highest BCUT2D eigenvalue weighted by molar-refractivity contribution is 6.99. The van der Waals surface area contributed by atoms with Gasteiger partial charge in [-0.15, -0.1) is 36.1 Å². The Kier molecular flexibility index (Phi) is 10.5. The van der Waals surface area contributed by atoms with E-state index in [1.165, 1.54) is 0 Å². The van der Waals surface area contributed by atoms with E-state index >= 15 is 0 Å². The van der Waals surface area contributed by atoms with E-state index in [0.29, 0.717) is 24.0 Å². The van der Waals surface area contributed by atoms with Crippen molar-refractivity contribution in [3.8, 4) is 0 Å². The highest BCUT2D eigenvalue weighted by atomic mass is 28.3. The highest BCUT2D eigenvalue weighted by Crippen LogP contribution is 2.13. The second-order valence-corrected chi connectivity index (χ2v) is 16.6. The summed E-state index contributed by atoms with van der Waals surface area (Å²) < 4.78 is 0. The zero-order valence-electron chi connectivity index (χ0n) is 21.2. The van der Waals surface area contributed by atoms with E-state index in [1.807, 2.05) is 54.0 Å². The molecule has 36 heavy (non-hydrogen) atoms. The number of rotatable bonds is 14. The van der Waals surface area contributed by atoms with Gasteiger partial charge in [0.15, 0.2) is 0 Å². The maximum absolute atomic E-state index is 12.4. The lowest BCUT2D eigenvalue weighted by atomic mass is 10.2. The van der Waals surface area contributed by atoms with E-state index in [1.54, 1.807) is 24.3 Å². The van der Waals surface area contributed by atoms with Crippen LogP contribution in [0, 0.1) is 0 Å². The number of carbonyl (C=O) groups excluding carboxylic acids is 2. The van der Waals surface area contributed by atoms with Crippen molar-refractivity contribution in [2.24, 2.45) is 0 Å². The van der Waals surface area contributed by atoms with Crippen LogP contribution in [0.25, 0.3) is 0 Å². The molecular formula is C28H34O6Si2. The minimum absolute atomic E-state index is 0.310. The van der Waals surface area contributed by atoms with Crippen LogP contribution in [0.4, 0.5) is 0 Å². The van der Waals surface area contributed by atoms with Gasteiger partial charge in [0.05, 0.1) is 11.1 Å². The van der Waals surface area contributed by atoms with Crippen molar-refractivity contribution in [2.45, 2.75) is 39.1 Å². The summed E-state index contributed by atoms with van der Waals surface area (Å²) in [5.74, 6) is -1.38. The van der Waals surface area contributed by atoms with Gasteiger partial charge in [0.2, 0.25) is 6.29 Å². The SMILES string of the molecule is C=C[Si](C)(C=C)c1ccc(C(=O)OOC(CCC)OOC(=O)c2ccc([Si](C)(C=C)C=C)cc2)cc1. The number of benzene rings is 2. The van der Waals surface area contributed by atoms with Crippen LogP contribution < -0.4 is 10.4 Å². The van der Waals surface area contributed by atoms with Crippen LogP contribution in [0.1, 0.15) is 40.5 Å². The van der Waals surface area contributed by atoms with Gasteiger partial charge in [-0.1, -0.05) is 83.9 Å². The molecule has 0 radical (unpaired) electrons. The molecule has 190 valence electrons. The van der Waals surface area contributed by atoms with E-state index < -0.39 is 34.4 Å². The van der Waals surface area contributed by atoms with Crippen LogP contribution in [0.2, 0.25) is 13.1 Å². The molecule has 0 bridgehead atoms. The average Bonchev–Trinajstić information content (AvgIpc) is 2.93. The molecule has 0 amide bonds. The minimum atomic E-state index is -1.98. The second-order valence-electron chi connectivity index (χ2n) is 8.69. The van der Waals surface area contributed by atoms with E-state index in [9.17, 15) is 9.59 Å². The van der Waals surface area contributed by atoms with Crippen molar-refractivity contribution in [1.82, 2.24) is 0 Å². The van der Waals surface area contributed by atoms with Crippen LogP contribution in [-0.4, -0.2) is 34.4 Å². The van der Waals surface area contributed by atoms with Crippen LogP contribution in [0.15, 0.2) is 97.6 Å². The standard InChI is InChI=1S/C28H34O6Si2/c1-8-13-26(31-33-27(29)22-14-18-24(19-15-22)35(6,9-2)10-3)32-34-28(30)23-16-20-25(21-17-23)36(7,11-4)12-5/h9-12,14-21,26H,2-5,8,13H2,1,6-7H3. The smallest absolute Gasteiger partial charge is 0.290 e. The monoisotopic (exact) mass is 522 g/mol. The van der Waals surface area contributed by atoms with Gasteiger partial charge in [-0.25, -0.2) is 9.59 Å². The van der Waals surface area contributed by atoms with Crippen molar-refractivity contribution in [3.05, 3.63) is 109 Å². The van der Waals surface area contributed by atoms with E-state index in [4.69, 9.17) is 19.6 Å². The molecule has 0 aliphatic carbocycles. The van der Waals surface area contributed by atoms with Crippen molar-refractivity contribution in [3.63, 3.8) is 0 Å². The normalized spacial score (nSPS) is 11.4. The van der Waals surface area contributed by atoms with Crippen molar-refractivity contribution < 1.29 is 29.1 Å². The predicted molar refractivity (Wildman–Crippen MR) is 148 cm³/mol. The number of hydrogen-bond donors (Lipinski definition) is 0. The fourth-order valence-corrected chi connectivity index (χ4v) is 6.25. The molecule has 0 saturated heterocycles. The average molecular weight is 523 g/mol. The maximum Gasteiger partial charge on any atom is 0.373 e. The van der Waals surface area contributed by atoms with Gasteiger partial charge in [-0.05, 0) is 24.3 Å². The summed E-state index contributed by atoms with van der Waals surface area (Å²) in [5, 5.41) is 2.14. The summed E-state index contributed by atoms with van der Waals surface area (Å²) >= 11 is 0. The first-order valence-corrected chi connectivity index (χ1v) is 17.0. The van der Waals surface area contributed by atoms with E-state index in [0.717, 1.165) is 10.4 Å². The van der Waals surface area contributed by atoms with E-state index in [2.05, 4.69) is 39.4 Å². The van der Waals surface area contributed by atoms with Gasteiger partial charge in [0.25, 0.3) is 0 Å². The Morgan fingerprint density at radius 1 is 0.722 bits per heavy atom. The number of hydrogen-bond acceptors (Lipinski definition) is 6. The lowest BCUT2D eigenvalue weighted by Gasteiger charge is -2.19. The molecule has 2 aromatic rings. The fraction of sp³-hybridized carbons (Fsp3) is 0.214. The topological polar surface area (TPSA) is 71.1 Å². The van der Waals surface area contributed by atoms with Crippen molar-refractivity contribution in [2.75, 3.05) is 0 Å². The molecule has 8 heteroatoms. The van der Waals surface area contributed by atoms with Gasteiger partial charge in [0, 0.05) is 6.42 Å². The van der Waals surface area contributed by atoms with Gasteiger partial charge in [-0.3, -0.25) is 9.78 Å².